The summed E-state index contributed by atoms with van der Waals surface area (Å²) in [6.07, 6.45) is -5.15. The molecule has 1 aliphatic carbocycles. The fourth-order valence-corrected chi connectivity index (χ4v) is 2.68. The number of halogens is 3. The van der Waals surface area contributed by atoms with Gasteiger partial charge >= 0.3 is 6.18 Å². The number of benzene rings is 1. The summed E-state index contributed by atoms with van der Waals surface area (Å²) in [4.78, 5) is 11.9. The van der Waals surface area contributed by atoms with Gasteiger partial charge < -0.3 is 15.5 Å². The van der Waals surface area contributed by atoms with Crippen molar-refractivity contribution in [3.63, 3.8) is 0 Å². The first-order chi connectivity index (χ1) is 10.2. The SMILES string of the molecule is O=C(CC(O)(c1ccccc1)C(F)(F)F)NC1CCCC1O. The van der Waals surface area contributed by atoms with Crippen molar-refractivity contribution in [2.24, 2.45) is 0 Å². The molecule has 2 rings (SSSR count). The topological polar surface area (TPSA) is 69.6 Å². The van der Waals surface area contributed by atoms with Crippen LogP contribution < -0.4 is 5.32 Å². The molecule has 0 aromatic heterocycles. The second-order valence-electron chi connectivity index (χ2n) is 5.57. The molecular weight excluding hydrogens is 299 g/mol. The standard InChI is InChI=1S/C15H18F3NO3/c16-15(17,18)14(22,10-5-2-1-3-6-10)9-13(21)19-11-7-4-8-12(11)20/h1-3,5-6,11-12,20,22H,4,7-9H2,(H,19,21). The van der Waals surface area contributed by atoms with Gasteiger partial charge in [0, 0.05) is 0 Å². The molecule has 0 radical (unpaired) electrons. The van der Waals surface area contributed by atoms with Crippen LogP contribution in [0.25, 0.3) is 0 Å². The number of hydrogen-bond acceptors (Lipinski definition) is 3. The van der Waals surface area contributed by atoms with Gasteiger partial charge in [-0.25, -0.2) is 0 Å². The first kappa shape index (κ1) is 16.8. The van der Waals surface area contributed by atoms with Gasteiger partial charge in [-0.15, -0.1) is 0 Å². The van der Waals surface area contributed by atoms with Gasteiger partial charge in [0.1, 0.15) is 0 Å². The van der Waals surface area contributed by atoms with Crippen molar-refractivity contribution in [2.75, 3.05) is 0 Å². The van der Waals surface area contributed by atoms with Crippen molar-refractivity contribution in [2.45, 2.75) is 49.6 Å². The lowest BCUT2D eigenvalue weighted by atomic mass is 9.89. The third-order valence-corrected chi connectivity index (χ3v) is 3.96. The number of aliphatic hydroxyl groups excluding tert-OH is 1. The minimum atomic E-state index is -4.99. The summed E-state index contributed by atoms with van der Waals surface area (Å²) in [7, 11) is 0. The van der Waals surface area contributed by atoms with Crippen molar-refractivity contribution in [1.29, 1.82) is 0 Å². The molecule has 1 saturated carbocycles. The van der Waals surface area contributed by atoms with E-state index in [1.807, 2.05) is 0 Å². The zero-order chi connectivity index (χ0) is 16.4. The van der Waals surface area contributed by atoms with Crippen molar-refractivity contribution in [1.82, 2.24) is 5.32 Å². The van der Waals surface area contributed by atoms with Crippen LogP contribution in [0.3, 0.4) is 0 Å². The molecule has 1 amide bonds. The predicted octanol–water partition coefficient (Wildman–Crippen LogP) is 1.86. The number of rotatable bonds is 4. The van der Waals surface area contributed by atoms with Gasteiger partial charge in [0.15, 0.2) is 5.60 Å². The van der Waals surface area contributed by atoms with Crippen molar-refractivity contribution in [3.05, 3.63) is 35.9 Å². The lowest BCUT2D eigenvalue weighted by Crippen LogP contribution is -2.48. The molecule has 22 heavy (non-hydrogen) atoms. The van der Waals surface area contributed by atoms with Crippen LogP contribution in [0.15, 0.2) is 30.3 Å². The Kier molecular flexibility index (Phi) is 4.77. The van der Waals surface area contributed by atoms with Gasteiger partial charge in [0.25, 0.3) is 0 Å². The fraction of sp³-hybridized carbons (Fsp3) is 0.533. The summed E-state index contributed by atoms with van der Waals surface area (Å²) >= 11 is 0. The van der Waals surface area contributed by atoms with E-state index in [9.17, 15) is 28.2 Å². The highest BCUT2D eigenvalue weighted by Gasteiger charge is 2.56. The number of alkyl halides is 3. The van der Waals surface area contributed by atoms with E-state index in [0.29, 0.717) is 19.3 Å². The Labute approximate surface area is 126 Å². The van der Waals surface area contributed by atoms with Crippen LogP contribution in [-0.2, 0) is 10.4 Å². The summed E-state index contributed by atoms with van der Waals surface area (Å²) in [5, 5.41) is 22.1. The first-order valence-corrected chi connectivity index (χ1v) is 7.06. The molecule has 122 valence electrons. The van der Waals surface area contributed by atoms with Crippen LogP contribution in [-0.4, -0.2) is 34.4 Å². The van der Waals surface area contributed by atoms with E-state index < -0.39 is 36.3 Å². The Morgan fingerprint density at radius 1 is 1.23 bits per heavy atom. The van der Waals surface area contributed by atoms with Crippen LogP contribution in [0.2, 0.25) is 0 Å². The fourth-order valence-electron chi connectivity index (χ4n) is 2.68. The lowest BCUT2D eigenvalue weighted by molar-refractivity contribution is -0.267. The highest BCUT2D eigenvalue weighted by Crippen LogP contribution is 2.41. The van der Waals surface area contributed by atoms with Gasteiger partial charge in [-0.3, -0.25) is 4.79 Å². The van der Waals surface area contributed by atoms with E-state index in [4.69, 9.17) is 0 Å². The van der Waals surface area contributed by atoms with Gasteiger partial charge in [-0.1, -0.05) is 30.3 Å². The Balaban J connectivity index is 2.15. The summed E-state index contributed by atoms with van der Waals surface area (Å²) in [6.45, 7) is 0. The maximum Gasteiger partial charge on any atom is 0.421 e. The van der Waals surface area contributed by atoms with Gasteiger partial charge in [0.05, 0.1) is 18.6 Å². The number of nitrogens with one attached hydrogen (secondary N) is 1. The van der Waals surface area contributed by atoms with Crippen LogP contribution in [0.4, 0.5) is 13.2 Å². The Morgan fingerprint density at radius 3 is 2.36 bits per heavy atom. The minimum absolute atomic E-state index is 0.385. The summed E-state index contributed by atoms with van der Waals surface area (Å²) < 4.78 is 39.8. The van der Waals surface area contributed by atoms with Crippen molar-refractivity contribution < 1.29 is 28.2 Å². The van der Waals surface area contributed by atoms with E-state index in [1.165, 1.54) is 18.2 Å². The smallest absolute Gasteiger partial charge is 0.391 e. The molecule has 1 fully saturated rings. The quantitative estimate of drug-likeness (QED) is 0.794. The monoisotopic (exact) mass is 317 g/mol. The van der Waals surface area contributed by atoms with Crippen LogP contribution in [0.5, 0.6) is 0 Å². The molecule has 0 spiro atoms. The third-order valence-electron chi connectivity index (χ3n) is 3.96. The number of carbonyl (C=O) groups excluding carboxylic acids is 1. The number of aliphatic hydroxyl groups is 2. The zero-order valence-electron chi connectivity index (χ0n) is 11.8. The molecule has 7 heteroatoms. The molecular formula is C15H18F3NO3. The molecule has 0 bridgehead atoms. The maximum atomic E-state index is 13.3. The lowest BCUT2D eigenvalue weighted by Gasteiger charge is -2.31. The molecule has 0 heterocycles. The van der Waals surface area contributed by atoms with E-state index >= 15 is 0 Å². The van der Waals surface area contributed by atoms with Gasteiger partial charge in [0.2, 0.25) is 5.91 Å². The second kappa shape index (κ2) is 6.26. The molecule has 1 aromatic carbocycles. The predicted molar refractivity (Wildman–Crippen MR) is 72.8 cm³/mol. The molecule has 0 aliphatic heterocycles. The second-order valence-corrected chi connectivity index (χ2v) is 5.57. The normalized spacial score (nSPS) is 24.8. The first-order valence-electron chi connectivity index (χ1n) is 7.06. The number of hydrogen-bond donors (Lipinski definition) is 3. The van der Waals surface area contributed by atoms with Crippen molar-refractivity contribution in [3.8, 4) is 0 Å². The Bertz CT molecular complexity index is 521. The Morgan fingerprint density at radius 2 is 1.86 bits per heavy atom. The Hall–Kier alpha value is -1.60. The van der Waals surface area contributed by atoms with E-state index in [1.54, 1.807) is 0 Å². The summed E-state index contributed by atoms with van der Waals surface area (Å²) in [5.74, 6) is -0.936. The van der Waals surface area contributed by atoms with Crippen molar-refractivity contribution >= 4 is 5.91 Å². The van der Waals surface area contributed by atoms with Crippen LogP contribution in [0, 0.1) is 0 Å². The largest absolute Gasteiger partial charge is 0.421 e. The summed E-state index contributed by atoms with van der Waals surface area (Å²) in [6, 6.07) is 5.96. The molecule has 1 aliphatic rings. The molecule has 3 unspecified atom stereocenters. The highest BCUT2D eigenvalue weighted by molar-refractivity contribution is 5.78. The molecule has 3 atom stereocenters. The summed E-state index contributed by atoms with van der Waals surface area (Å²) in [5.41, 5.74) is -3.63. The average molecular weight is 317 g/mol. The molecule has 0 saturated heterocycles. The van der Waals surface area contributed by atoms with Crippen LogP contribution in [0.1, 0.15) is 31.2 Å². The maximum absolute atomic E-state index is 13.3. The van der Waals surface area contributed by atoms with E-state index in [-0.39, 0.29) is 5.56 Å². The average Bonchev–Trinajstić information content (AvgIpc) is 2.83. The van der Waals surface area contributed by atoms with Crippen LogP contribution >= 0.6 is 0 Å². The highest BCUT2D eigenvalue weighted by atomic mass is 19.4. The molecule has 3 N–H and O–H groups in total. The van der Waals surface area contributed by atoms with Gasteiger partial charge in [-0.2, -0.15) is 13.2 Å². The molecule has 4 nitrogen and oxygen atoms in total. The van der Waals surface area contributed by atoms with E-state index in [2.05, 4.69) is 5.32 Å². The number of amides is 1. The zero-order valence-corrected chi connectivity index (χ0v) is 11.8. The minimum Gasteiger partial charge on any atom is -0.391 e. The molecule has 1 aromatic rings. The van der Waals surface area contributed by atoms with E-state index in [0.717, 1.165) is 12.1 Å². The third kappa shape index (κ3) is 3.41. The van der Waals surface area contributed by atoms with Gasteiger partial charge in [-0.05, 0) is 24.8 Å². The number of carbonyl (C=O) groups is 1.